The number of nitrogens with zero attached hydrogens (tertiary/aromatic N) is 2. The van der Waals surface area contributed by atoms with E-state index in [-0.39, 0.29) is 6.04 Å². The third-order valence-electron chi connectivity index (χ3n) is 6.80. The third-order valence-corrected chi connectivity index (χ3v) is 6.80. The van der Waals surface area contributed by atoms with Gasteiger partial charge in [0.1, 0.15) is 11.2 Å². The van der Waals surface area contributed by atoms with Crippen LogP contribution in [0.25, 0.3) is 55.6 Å². The van der Waals surface area contributed by atoms with E-state index >= 15 is 0 Å². The number of hydrogen-bond donors (Lipinski definition) is 1. The van der Waals surface area contributed by atoms with Gasteiger partial charge in [-0.2, -0.15) is 0 Å². The summed E-state index contributed by atoms with van der Waals surface area (Å²) in [7, 11) is 0. The minimum atomic E-state index is 0.0159. The molecular formula is C33H23N3O. The van der Waals surface area contributed by atoms with E-state index in [1.807, 2.05) is 54.9 Å². The topological polar surface area (TPSA) is 51.0 Å². The number of dihydropyridines is 1. The Balaban J connectivity index is 1.27. The predicted octanol–water partition coefficient (Wildman–Crippen LogP) is 8.09. The van der Waals surface area contributed by atoms with E-state index in [0.717, 1.165) is 61.3 Å². The predicted molar refractivity (Wildman–Crippen MR) is 150 cm³/mol. The highest BCUT2D eigenvalue weighted by molar-refractivity contribution is 6.05. The van der Waals surface area contributed by atoms with Crippen LogP contribution in [0.3, 0.4) is 0 Å². The first-order valence-electron chi connectivity index (χ1n) is 12.4. The number of benzene rings is 3. The van der Waals surface area contributed by atoms with Crippen molar-refractivity contribution in [2.24, 2.45) is 0 Å². The van der Waals surface area contributed by atoms with Crippen LogP contribution in [0, 0.1) is 0 Å². The van der Waals surface area contributed by atoms with E-state index < -0.39 is 0 Å². The molecule has 1 unspecified atom stereocenters. The Bertz CT molecular complexity index is 1800. The second-order valence-corrected chi connectivity index (χ2v) is 9.16. The van der Waals surface area contributed by atoms with Gasteiger partial charge in [0.15, 0.2) is 0 Å². The molecule has 6 aromatic rings. The number of fused-ring (bicyclic) bond motifs is 3. The molecule has 7 rings (SSSR count). The number of pyridine rings is 2. The summed E-state index contributed by atoms with van der Waals surface area (Å²) in [6.45, 7) is 0. The Hall–Kier alpha value is -4.96. The summed E-state index contributed by atoms with van der Waals surface area (Å²) in [5.41, 5.74) is 8.80. The molecule has 4 nitrogen and oxygen atoms in total. The van der Waals surface area contributed by atoms with Gasteiger partial charge < -0.3 is 9.73 Å². The fourth-order valence-corrected chi connectivity index (χ4v) is 4.89. The van der Waals surface area contributed by atoms with Crippen LogP contribution in [0.2, 0.25) is 0 Å². The molecule has 3 aromatic carbocycles. The number of aromatic nitrogens is 2. The zero-order chi connectivity index (χ0) is 24.6. The second-order valence-electron chi connectivity index (χ2n) is 9.16. The summed E-state index contributed by atoms with van der Waals surface area (Å²) < 4.78 is 6.09. The van der Waals surface area contributed by atoms with E-state index in [0.29, 0.717) is 0 Å². The third kappa shape index (κ3) is 3.99. The lowest BCUT2D eigenvalue weighted by molar-refractivity contribution is 0.669. The first-order chi connectivity index (χ1) is 18.3. The molecule has 0 radical (unpaired) electrons. The quantitative estimate of drug-likeness (QED) is 0.279. The number of rotatable bonds is 4. The average Bonchev–Trinajstić information content (AvgIpc) is 3.36. The fraction of sp³-hybridized carbons (Fsp3) is 0.0303. The Morgan fingerprint density at radius 1 is 0.622 bits per heavy atom. The van der Waals surface area contributed by atoms with E-state index in [4.69, 9.17) is 14.4 Å². The van der Waals surface area contributed by atoms with E-state index in [1.54, 1.807) is 0 Å². The molecule has 0 aliphatic carbocycles. The van der Waals surface area contributed by atoms with Gasteiger partial charge in [-0.15, -0.1) is 0 Å². The first-order valence-corrected chi connectivity index (χ1v) is 12.4. The van der Waals surface area contributed by atoms with Crippen molar-refractivity contribution in [2.45, 2.75) is 6.04 Å². The lowest BCUT2D eigenvalue weighted by Crippen LogP contribution is -2.16. The first kappa shape index (κ1) is 21.3. The summed E-state index contributed by atoms with van der Waals surface area (Å²) in [5.74, 6) is 0. The summed E-state index contributed by atoms with van der Waals surface area (Å²) >= 11 is 0. The number of nitrogens with one attached hydrogen (secondary N) is 1. The lowest BCUT2D eigenvalue weighted by Gasteiger charge is -2.17. The molecule has 3 aromatic heterocycles. The van der Waals surface area contributed by atoms with E-state index in [2.05, 4.69) is 78.1 Å². The highest BCUT2D eigenvalue weighted by Gasteiger charge is 2.15. The number of allylic oxidation sites excluding steroid dienone is 2. The molecule has 0 amide bonds. The van der Waals surface area contributed by atoms with Crippen molar-refractivity contribution in [2.75, 3.05) is 0 Å². The van der Waals surface area contributed by atoms with Crippen LogP contribution in [0.4, 0.5) is 0 Å². The smallest absolute Gasteiger partial charge is 0.136 e. The van der Waals surface area contributed by atoms with Gasteiger partial charge in [0.05, 0.1) is 23.1 Å². The summed E-state index contributed by atoms with van der Waals surface area (Å²) in [4.78, 5) is 9.82. The van der Waals surface area contributed by atoms with Crippen LogP contribution in [0.1, 0.15) is 11.7 Å². The standard InChI is InChI=1S/C33H23N3O/c1-2-8-22(9-3-1)25-18-30(28-11-6-7-17-34-28)36-31(19-25)29-16-14-24(21-35-29)23-13-15-27-26-10-4-5-12-32(26)37-33(27)20-23/h1-21,28,34H. The summed E-state index contributed by atoms with van der Waals surface area (Å²) in [5, 5.41) is 5.65. The Morgan fingerprint density at radius 2 is 1.46 bits per heavy atom. The molecule has 1 aliphatic heterocycles. The van der Waals surface area contributed by atoms with Crippen molar-refractivity contribution < 1.29 is 4.42 Å². The molecule has 0 fully saturated rings. The maximum atomic E-state index is 6.09. The van der Waals surface area contributed by atoms with Crippen LogP contribution >= 0.6 is 0 Å². The Morgan fingerprint density at radius 3 is 2.30 bits per heavy atom. The van der Waals surface area contributed by atoms with Gasteiger partial charge in [-0.1, -0.05) is 72.8 Å². The number of furan rings is 1. The molecule has 1 N–H and O–H groups in total. The van der Waals surface area contributed by atoms with Gasteiger partial charge >= 0.3 is 0 Å². The molecular weight excluding hydrogens is 454 g/mol. The zero-order valence-electron chi connectivity index (χ0n) is 20.0. The molecule has 0 spiro atoms. The largest absolute Gasteiger partial charge is 0.456 e. The maximum absolute atomic E-state index is 6.09. The van der Waals surface area contributed by atoms with Crippen LogP contribution < -0.4 is 5.32 Å². The SMILES string of the molecule is C1=CNC(c2cc(-c3ccccc3)cc(-c3ccc(-c4ccc5c(c4)oc4ccccc45)cn3)n2)C=C1. The molecule has 4 heterocycles. The lowest BCUT2D eigenvalue weighted by atomic mass is 10.0. The van der Waals surface area contributed by atoms with Gasteiger partial charge in [-0.25, -0.2) is 4.98 Å². The number of para-hydroxylation sites is 1. The highest BCUT2D eigenvalue weighted by atomic mass is 16.3. The van der Waals surface area contributed by atoms with Crippen molar-refractivity contribution in [1.82, 2.24) is 15.3 Å². The minimum absolute atomic E-state index is 0.0159. The highest BCUT2D eigenvalue weighted by Crippen LogP contribution is 2.33. The second kappa shape index (κ2) is 8.92. The van der Waals surface area contributed by atoms with Gasteiger partial charge in [0, 0.05) is 22.5 Å². The van der Waals surface area contributed by atoms with Crippen molar-refractivity contribution in [3.05, 3.63) is 133 Å². The monoisotopic (exact) mass is 477 g/mol. The molecule has 1 atom stereocenters. The number of hydrogen-bond acceptors (Lipinski definition) is 4. The maximum Gasteiger partial charge on any atom is 0.136 e. The van der Waals surface area contributed by atoms with Crippen molar-refractivity contribution >= 4 is 21.9 Å². The van der Waals surface area contributed by atoms with Crippen molar-refractivity contribution in [3.63, 3.8) is 0 Å². The zero-order valence-corrected chi connectivity index (χ0v) is 20.0. The van der Waals surface area contributed by atoms with E-state index in [1.165, 1.54) is 0 Å². The van der Waals surface area contributed by atoms with Gasteiger partial charge in [-0.3, -0.25) is 4.98 Å². The van der Waals surface area contributed by atoms with Gasteiger partial charge in [0.25, 0.3) is 0 Å². The van der Waals surface area contributed by atoms with Crippen LogP contribution in [0.15, 0.2) is 132 Å². The van der Waals surface area contributed by atoms with Crippen molar-refractivity contribution in [3.8, 4) is 33.6 Å². The molecule has 37 heavy (non-hydrogen) atoms. The van der Waals surface area contributed by atoms with Crippen LogP contribution in [-0.4, -0.2) is 9.97 Å². The fourth-order valence-electron chi connectivity index (χ4n) is 4.89. The van der Waals surface area contributed by atoms with Crippen molar-refractivity contribution in [1.29, 1.82) is 0 Å². The van der Waals surface area contributed by atoms with E-state index in [9.17, 15) is 0 Å². The molecule has 176 valence electrons. The summed E-state index contributed by atoms with van der Waals surface area (Å²) in [6.07, 6.45) is 10.0. The molecule has 1 aliphatic rings. The van der Waals surface area contributed by atoms with Crippen LogP contribution in [-0.2, 0) is 0 Å². The van der Waals surface area contributed by atoms with Gasteiger partial charge in [-0.05, 0) is 65.4 Å². The normalized spacial score (nSPS) is 14.8. The molecule has 4 heteroatoms. The average molecular weight is 478 g/mol. The molecule has 0 saturated carbocycles. The molecule has 0 bridgehead atoms. The Kier molecular flexibility index (Phi) is 5.14. The van der Waals surface area contributed by atoms with Gasteiger partial charge in [0.2, 0.25) is 0 Å². The summed E-state index contributed by atoms with van der Waals surface area (Å²) in [6, 6.07) is 33.3. The Labute approximate surface area is 214 Å². The van der Waals surface area contributed by atoms with Crippen LogP contribution in [0.5, 0.6) is 0 Å². The molecule has 0 saturated heterocycles. The minimum Gasteiger partial charge on any atom is -0.456 e.